The number of aryl methyl sites for hydroxylation is 1. The summed E-state index contributed by atoms with van der Waals surface area (Å²) >= 11 is 2.99. The van der Waals surface area contributed by atoms with E-state index in [0.717, 1.165) is 12.1 Å². The van der Waals surface area contributed by atoms with Gasteiger partial charge in [-0.15, -0.1) is 0 Å². The topological polar surface area (TPSA) is 98.2 Å². The Bertz CT molecular complexity index is 745. The Morgan fingerprint density at radius 1 is 1.50 bits per heavy atom. The van der Waals surface area contributed by atoms with E-state index in [9.17, 15) is 12.8 Å². The summed E-state index contributed by atoms with van der Waals surface area (Å²) in [5.74, 6) is 0.114. The molecule has 9 heteroatoms. The Hall–Kier alpha value is -1.45. The summed E-state index contributed by atoms with van der Waals surface area (Å²) in [5, 5.41) is 0. The number of benzene rings is 1. The molecule has 0 aliphatic heterocycles. The minimum Gasteiger partial charge on any atom is -0.445 e. The standard InChI is InChI=1S/C11H11BrFN3O3S/c1-6-4-15-11(19-6)5-16-20(17,18)10-3-9(14)8(13)2-7(10)12/h2-4,16H,5,14H2,1H3. The van der Waals surface area contributed by atoms with E-state index in [0.29, 0.717) is 5.76 Å². The molecule has 3 N–H and O–H groups in total. The minimum absolute atomic E-state index is 0.0836. The smallest absolute Gasteiger partial charge is 0.242 e. The van der Waals surface area contributed by atoms with E-state index < -0.39 is 15.8 Å². The summed E-state index contributed by atoms with van der Waals surface area (Å²) in [6, 6.07) is 2.04. The molecule has 0 saturated carbocycles. The van der Waals surface area contributed by atoms with Crippen molar-refractivity contribution < 1.29 is 17.2 Å². The van der Waals surface area contributed by atoms with Crippen LogP contribution in [0.1, 0.15) is 11.7 Å². The fraction of sp³-hybridized carbons (Fsp3) is 0.182. The number of nitrogen functional groups attached to an aromatic ring is 1. The Morgan fingerprint density at radius 3 is 2.80 bits per heavy atom. The van der Waals surface area contributed by atoms with Gasteiger partial charge >= 0.3 is 0 Å². The highest BCUT2D eigenvalue weighted by Crippen LogP contribution is 2.26. The molecule has 0 saturated heterocycles. The van der Waals surface area contributed by atoms with E-state index in [1.807, 2.05) is 0 Å². The lowest BCUT2D eigenvalue weighted by molar-refractivity contribution is 0.463. The van der Waals surface area contributed by atoms with Crippen LogP contribution in [-0.2, 0) is 16.6 Å². The number of rotatable bonds is 4. The van der Waals surface area contributed by atoms with Gasteiger partial charge in [0.1, 0.15) is 11.6 Å². The molecule has 2 rings (SSSR count). The third-order valence-corrected chi connectivity index (χ3v) is 4.78. The van der Waals surface area contributed by atoms with Gasteiger partial charge in [-0.1, -0.05) is 0 Å². The van der Waals surface area contributed by atoms with E-state index in [1.165, 1.54) is 6.20 Å². The van der Waals surface area contributed by atoms with Crippen LogP contribution in [0.5, 0.6) is 0 Å². The van der Waals surface area contributed by atoms with Gasteiger partial charge in [0.2, 0.25) is 15.9 Å². The van der Waals surface area contributed by atoms with Crippen molar-refractivity contribution in [1.29, 1.82) is 0 Å². The van der Waals surface area contributed by atoms with Crippen LogP contribution in [0.25, 0.3) is 0 Å². The van der Waals surface area contributed by atoms with Crippen LogP contribution in [-0.4, -0.2) is 13.4 Å². The molecule has 0 amide bonds. The highest BCUT2D eigenvalue weighted by Gasteiger charge is 2.20. The molecule has 1 aromatic heterocycles. The second kappa shape index (κ2) is 5.51. The molecule has 0 atom stereocenters. The van der Waals surface area contributed by atoms with Gasteiger partial charge < -0.3 is 10.2 Å². The molecule has 0 radical (unpaired) electrons. The molecule has 0 bridgehead atoms. The summed E-state index contributed by atoms with van der Waals surface area (Å²) in [4.78, 5) is 3.72. The third-order valence-electron chi connectivity index (χ3n) is 2.42. The molecular formula is C11H11BrFN3O3S. The quantitative estimate of drug-likeness (QED) is 0.808. The fourth-order valence-corrected chi connectivity index (χ4v) is 3.49. The first-order valence-electron chi connectivity index (χ1n) is 5.45. The molecule has 0 fully saturated rings. The van der Waals surface area contributed by atoms with Crippen LogP contribution >= 0.6 is 15.9 Å². The van der Waals surface area contributed by atoms with Crippen molar-refractivity contribution in [2.24, 2.45) is 0 Å². The molecule has 0 aliphatic carbocycles. The predicted octanol–water partition coefficient (Wildman–Crippen LogP) is 1.95. The van der Waals surface area contributed by atoms with E-state index in [2.05, 4.69) is 25.6 Å². The van der Waals surface area contributed by atoms with Gasteiger partial charge in [0, 0.05) is 4.47 Å². The predicted molar refractivity (Wildman–Crippen MR) is 73.8 cm³/mol. The lowest BCUT2D eigenvalue weighted by Crippen LogP contribution is -2.24. The van der Waals surface area contributed by atoms with Crippen LogP contribution in [0.3, 0.4) is 0 Å². The maximum atomic E-state index is 13.2. The summed E-state index contributed by atoms with van der Waals surface area (Å²) in [5.41, 5.74) is 5.13. The van der Waals surface area contributed by atoms with Crippen molar-refractivity contribution in [3.8, 4) is 0 Å². The number of hydrogen-bond donors (Lipinski definition) is 2. The summed E-state index contributed by atoms with van der Waals surface area (Å²) < 4.78 is 45.0. The zero-order valence-corrected chi connectivity index (χ0v) is 12.8. The van der Waals surface area contributed by atoms with Gasteiger partial charge in [0.25, 0.3) is 0 Å². The number of sulfonamides is 1. The Balaban J connectivity index is 2.24. The molecule has 0 aliphatic rings. The third kappa shape index (κ3) is 3.17. The Kier molecular flexibility index (Phi) is 4.11. The number of nitrogens with two attached hydrogens (primary N) is 1. The van der Waals surface area contributed by atoms with Crippen LogP contribution < -0.4 is 10.5 Å². The molecule has 0 spiro atoms. The first-order valence-corrected chi connectivity index (χ1v) is 7.72. The van der Waals surface area contributed by atoms with Crippen LogP contribution in [0.4, 0.5) is 10.1 Å². The van der Waals surface area contributed by atoms with Crippen LogP contribution in [0.2, 0.25) is 0 Å². The molecule has 108 valence electrons. The van der Waals surface area contributed by atoms with Gasteiger partial charge in [0.15, 0.2) is 0 Å². The van der Waals surface area contributed by atoms with Crippen molar-refractivity contribution in [2.45, 2.75) is 18.4 Å². The molecule has 0 unspecified atom stereocenters. The number of nitrogens with zero attached hydrogens (tertiary/aromatic N) is 1. The number of hydrogen-bond acceptors (Lipinski definition) is 5. The lowest BCUT2D eigenvalue weighted by atomic mass is 10.3. The van der Waals surface area contributed by atoms with E-state index in [4.69, 9.17) is 10.2 Å². The van der Waals surface area contributed by atoms with Crippen molar-refractivity contribution in [1.82, 2.24) is 9.71 Å². The van der Waals surface area contributed by atoms with E-state index in [1.54, 1.807) is 6.92 Å². The average Bonchev–Trinajstić information content (AvgIpc) is 2.77. The SMILES string of the molecule is Cc1cnc(CNS(=O)(=O)c2cc(N)c(F)cc2Br)o1. The fourth-order valence-electron chi connectivity index (χ4n) is 1.47. The summed E-state index contributed by atoms with van der Waals surface area (Å²) in [6.07, 6.45) is 1.48. The molecule has 1 heterocycles. The molecular weight excluding hydrogens is 353 g/mol. The number of oxazole rings is 1. The average molecular weight is 364 g/mol. The number of nitrogens with one attached hydrogen (secondary N) is 1. The second-order valence-electron chi connectivity index (χ2n) is 3.99. The minimum atomic E-state index is -3.86. The second-order valence-corrected chi connectivity index (χ2v) is 6.58. The Labute approximate surface area is 123 Å². The van der Waals surface area contributed by atoms with Gasteiger partial charge in [-0.05, 0) is 35.0 Å². The number of aromatic nitrogens is 1. The van der Waals surface area contributed by atoms with Crippen LogP contribution in [0, 0.1) is 12.7 Å². The van der Waals surface area contributed by atoms with Crippen LogP contribution in [0.15, 0.2) is 32.1 Å². The van der Waals surface area contributed by atoms with Crippen molar-refractivity contribution in [2.75, 3.05) is 5.73 Å². The number of halogens is 2. The van der Waals surface area contributed by atoms with Gasteiger partial charge in [0.05, 0.1) is 23.3 Å². The van der Waals surface area contributed by atoms with E-state index >= 15 is 0 Å². The molecule has 20 heavy (non-hydrogen) atoms. The molecule has 2 aromatic rings. The van der Waals surface area contributed by atoms with Crippen molar-refractivity contribution >= 4 is 31.6 Å². The van der Waals surface area contributed by atoms with E-state index in [-0.39, 0.29) is 27.5 Å². The maximum Gasteiger partial charge on any atom is 0.242 e. The molecule has 6 nitrogen and oxygen atoms in total. The highest BCUT2D eigenvalue weighted by atomic mass is 79.9. The Morgan fingerprint density at radius 2 is 2.20 bits per heavy atom. The normalized spacial score (nSPS) is 11.8. The largest absolute Gasteiger partial charge is 0.445 e. The highest BCUT2D eigenvalue weighted by molar-refractivity contribution is 9.10. The number of anilines is 1. The monoisotopic (exact) mass is 363 g/mol. The van der Waals surface area contributed by atoms with Crippen molar-refractivity contribution in [3.63, 3.8) is 0 Å². The zero-order valence-electron chi connectivity index (χ0n) is 10.4. The first kappa shape index (κ1) is 14.9. The van der Waals surface area contributed by atoms with Gasteiger partial charge in [-0.25, -0.2) is 22.5 Å². The lowest BCUT2D eigenvalue weighted by Gasteiger charge is -2.08. The summed E-state index contributed by atoms with van der Waals surface area (Å²) in [7, 11) is -3.86. The maximum absolute atomic E-state index is 13.2. The summed E-state index contributed by atoms with van der Waals surface area (Å²) in [6.45, 7) is 1.59. The van der Waals surface area contributed by atoms with Gasteiger partial charge in [-0.2, -0.15) is 0 Å². The zero-order chi connectivity index (χ0) is 14.9. The first-order chi connectivity index (χ1) is 9.29. The van der Waals surface area contributed by atoms with Crippen molar-refractivity contribution in [3.05, 3.63) is 40.3 Å². The molecule has 1 aromatic carbocycles. The van der Waals surface area contributed by atoms with Gasteiger partial charge in [-0.3, -0.25) is 0 Å².